The summed E-state index contributed by atoms with van der Waals surface area (Å²) in [4.78, 5) is 0.114. The van der Waals surface area contributed by atoms with E-state index < -0.39 is 10.0 Å². The molecule has 1 aromatic carbocycles. The van der Waals surface area contributed by atoms with Crippen LogP contribution in [0, 0.1) is 11.8 Å². The molecular weight excluding hydrogens is 290 g/mol. The summed E-state index contributed by atoms with van der Waals surface area (Å²) in [5, 5.41) is 9.21. The summed E-state index contributed by atoms with van der Waals surface area (Å²) in [5.74, 6) is 1.28. The van der Waals surface area contributed by atoms with Gasteiger partial charge in [0.15, 0.2) is 0 Å². The van der Waals surface area contributed by atoms with Gasteiger partial charge in [0.1, 0.15) is 10.6 Å². The van der Waals surface area contributed by atoms with E-state index in [2.05, 4.69) is 4.72 Å². The van der Waals surface area contributed by atoms with E-state index in [1.807, 2.05) is 0 Å². The van der Waals surface area contributed by atoms with E-state index in [4.69, 9.17) is 4.74 Å². The first-order valence-corrected chi connectivity index (χ1v) is 8.83. The molecule has 3 rings (SSSR count). The van der Waals surface area contributed by atoms with Crippen LogP contribution >= 0.6 is 0 Å². The van der Waals surface area contributed by atoms with E-state index in [-0.39, 0.29) is 17.5 Å². The van der Waals surface area contributed by atoms with E-state index in [0.717, 1.165) is 25.7 Å². The first-order chi connectivity index (χ1) is 10.0. The molecule has 0 atom stereocenters. The van der Waals surface area contributed by atoms with Crippen molar-refractivity contribution in [3.8, 4) is 5.75 Å². The first kappa shape index (κ1) is 14.8. The molecule has 1 aromatic rings. The van der Waals surface area contributed by atoms with Crippen molar-refractivity contribution in [2.45, 2.75) is 43.2 Å². The van der Waals surface area contributed by atoms with Crippen molar-refractivity contribution >= 4 is 10.0 Å². The van der Waals surface area contributed by atoms with Gasteiger partial charge >= 0.3 is 0 Å². The Morgan fingerprint density at radius 1 is 1.29 bits per heavy atom. The number of rotatable bonds is 7. The highest BCUT2D eigenvalue weighted by Gasteiger charge is 2.43. The van der Waals surface area contributed by atoms with Crippen LogP contribution in [0.3, 0.4) is 0 Å². The maximum absolute atomic E-state index is 12.7. The molecule has 6 heteroatoms. The normalized spacial score (nSPS) is 19.0. The van der Waals surface area contributed by atoms with Gasteiger partial charge in [-0.05, 0) is 55.2 Å². The van der Waals surface area contributed by atoms with Gasteiger partial charge in [-0.2, -0.15) is 0 Å². The number of sulfonamides is 1. The number of nitrogens with one attached hydrogen (secondary N) is 1. The molecule has 0 spiro atoms. The van der Waals surface area contributed by atoms with Crippen LogP contribution in [0.1, 0.15) is 31.2 Å². The summed E-state index contributed by atoms with van der Waals surface area (Å²) >= 11 is 0. The van der Waals surface area contributed by atoms with E-state index in [0.29, 0.717) is 23.1 Å². The van der Waals surface area contributed by atoms with Gasteiger partial charge in [-0.1, -0.05) is 6.07 Å². The zero-order valence-electron chi connectivity index (χ0n) is 12.1. The predicted octanol–water partition coefficient (Wildman–Crippen LogP) is 1.65. The highest BCUT2D eigenvalue weighted by molar-refractivity contribution is 7.89. The third kappa shape index (κ3) is 3.22. The molecule has 2 fully saturated rings. The Morgan fingerprint density at radius 3 is 2.38 bits per heavy atom. The van der Waals surface area contributed by atoms with Crippen LogP contribution in [0.25, 0.3) is 0 Å². The first-order valence-electron chi connectivity index (χ1n) is 7.35. The Bertz CT molecular complexity index is 609. The van der Waals surface area contributed by atoms with Crippen molar-refractivity contribution in [1.29, 1.82) is 0 Å². The molecule has 0 amide bonds. The minimum Gasteiger partial charge on any atom is -0.495 e. The third-order valence-corrected chi connectivity index (χ3v) is 5.73. The summed E-state index contributed by atoms with van der Waals surface area (Å²) in [7, 11) is -2.18. The van der Waals surface area contributed by atoms with Gasteiger partial charge in [0.05, 0.1) is 13.7 Å². The Labute approximate surface area is 125 Å². The zero-order valence-corrected chi connectivity index (χ0v) is 12.9. The van der Waals surface area contributed by atoms with E-state index in [1.54, 1.807) is 12.1 Å². The maximum Gasteiger partial charge on any atom is 0.244 e. The molecule has 21 heavy (non-hydrogen) atoms. The van der Waals surface area contributed by atoms with Crippen LogP contribution in [0.5, 0.6) is 5.75 Å². The Morgan fingerprint density at radius 2 is 1.90 bits per heavy atom. The molecule has 2 saturated carbocycles. The molecule has 0 unspecified atom stereocenters. The molecule has 0 aliphatic heterocycles. The summed E-state index contributed by atoms with van der Waals surface area (Å²) in [5.41, 5.74) is 0.561. The molecule has 0 heterocycles. The van der Waals surface area contributed by atoms with Crippen molar-refractivity contribution in [1.82, 2.24) is 4.72 Å². The Hall–Kier alpha value is -1.11. The molecule has 5 nitrogen and oxygen atoms in total. The van der Waals surface area contributed by atoms with Crippen molar-refractivity contribution in [2.24, 2.45) is 11.8 Å². The van der Waals surface area contributed by atoms with E-state index in [9.17, 15) is 13.5 Å². The lowest BCUT2D eigenvalue weighted by Crippen LogP contribution is -2.38. The minimum absolute atomic E-state index is 0.0532. The number of ether oxygens (including phenoxy) is 1. The minimum atomic E-state index is -3.63. The highest BCUT2D eigenvalue weighted by atomic mass is 32.2. The highest BCUT2D eigenvalue weighted by Crippen LogP contribution is 2.45. The van der Waals surface area contributed by atoms with Crippen LogP contribution in [0.15, 0.2) is 23.1 Å². The summed E-state index contributed by atoms with van der Waals surface area (Å²) in [6.07, 6.45) is 4.43. The molecular formula is C15H21NO4S. The van der Waals surface area contributed by atoms with E-state index >= 15 is 0 Å². The lowest BCUT2D eigenvalue weighted by Gasteiger charge is -2.19. The summed E-state index contributed by atoms with van der Waals surface area (Å²) in [6, 6.07) is 4.79. The van der Waals surface area contributed by atoms with Crippen LogP contribution in [-0.2, 0) is 16.6 Å². The fourth-order valence-electron chi connectivity index (χ4n) is 2.76. The molecule has 0 radical (unpaired) electrons. The van der Waals surface area contributed by atoms with Crippen LogP contribution in [0.4, 0.5) is 0 Å². The second-order valence-electron chi connectivity index (χ2n) is 5.97. The molecule has 2 aliphatic rings. The standard InChI is InChI=1S/C15H21NO4S/c1-20-13-7-2-10(9-17)8-14(13)21(18,19)16-15(11-3-4-11)12-5-6-12/h2,7-8,11-12,15-17H,3-6,9H2,1H3. The summed E-state index contributed by atoms with van der Waals surface area (Å²) < 4.78 is 33.4. The van der Waals surface area contributed by atoms with Gasteiger partial charge in [-0.15, -0.1) is 0 Å². The summed E-state index contributed by atoms with van der Waals surface area (Å²) in [6.45, 7) is -0.193. The van der Waals surface area contributed by atoms with Crippen LogP contribution in [-0.4, -0.2) is 26.7 Å². The quantitative estimate of drug-likeness (QED) is 0.803. The van der Waals surface area contributed by atoms with Gasteiger partial charge in [-0.3, -0.25) is 0 Å². The smallest absolute Gasteiger partial charge is 0.244 e. The monoisotopic (exact) mass is 311 g/mol. The average Bonchev–Trinajstić information content (AvgIpc) is 3.37. The van der Waals surface area contributed by atoms with Crippen molar-refractivity contribution in [3.05, 3.63) is 23.8 Å². The number of aliphatic hydroxyl groups excluding tert-OH is 1. The van der Waals surface area contributed by atoms with Crippen molar-refractivity contribution in [3.63, 3.8) is 0 Å². The van der Waals surface area contributed by atoms with Crippen LogP contribution in [0.2, 0.25) is 0 Å². The lowest BCUT2D eigenvalue weighted by atomic mass is 10.1. The van der Waals surface area contributed by atoms with Gasteiger partial charge in [0.25, 0.3) is 0 Å². The predicted molar refractivity (Wildman–Crippen MR) is 78.5 cm³/mol. The lowest BCUT2D eigenvalue weighted by molar-refractivity contribution is 0.281. The fraction of sp³-hybridized carbons (Fsp3) is 0.600. The van der Waals surface area contributed by atoms with Crippen molar-refractivity contribution in [2.75, 3.05) is 7.11 Å². The average molecular weight is 311 g/mol. The molecule has 2 N–H and O–H groups in total. The van der Waals surface area contributed by atoms with E-state index in [1.165, 1.54) is 13.2 Å². The van der Waals surface area contributed by atoms with Gasteiger partial charge < -0.3 is 9.84 Å². The SMILES string of the molecule is COc1ccc(CO)cc1S(=O)(=O)NC(C1CC1)C1CC1. The fourth-order valence-corrected chi connectivity index (χ4v) is 4.35. The second-order valence-corrected chi connectivity index (χ2v) is 7.65. The number of aliphatic hydroxyl groups is 1. The number of benzene rings is 1. The zero-order chi connectivity index (χ0) is 15.0. The largest absolute Gasteiger partial charge is 0.495 e. The van der Waals surface area contributed by atoms with Gasteiger partial charge in [0.2, 0.25) is 10.0 Å². The number of hydrogen-bond acceptors (Lipinski definition) is 4. The number of methoxy groups -OCH3 is 1. The van der Waals surface area contributed by atoms with Gasteiger partial charge in [-0.25, -0.2) is 13.1 Å². The topological polar surface area (TPSA) is 75.6 Å². The maximum atomic E-state index is 12.7. The number of hydrogen-bond donors (Lipinski definition) is 2. The molecule has 116 valence electrons. The molecule has 0 bridgehead atoms. The Kier molecular flexibility index (Phi) is 3.94. The molecule has 0 aromatic heterocycles. The van der Waals surface area contributed by atoms with Crippen molar-refractivity contribution < 1.29 is 18.3 Å². The Balaban J connectivity index is 1.89. The van der Waals surface area contributed by atoms with Crippen LogP contribution < -0.4 is 9.46 Å². The molecule has 2 aliphatic carbocycles. The second kappa shape index (κ2) is 5.59. The molecule has 0 saturated heterocycles. The van der Waals surface area contributed by atoms with Gasteiger partial charge in [0, 0.05) is 6.04 Å². The third-order valence-electron chi connectivity index (χ3n) is 4.25.